The Morgan fingerprint density at radius 2 is 1.81 bits per heavy atom. The van der Waals surface area contributed by atoms with E-state index < -0.39 is 0 Å². The highest BCUT2D eigenvalue weighted by Gasteiger charge is 2.23. The van der Waals surface area contributed by atoms with Gasteiger partial charge in [0.15, 0.2) is 0 Å². The molecule has 0 spiro atoms. The van der Waals surface area contributed by atoms with Crippen molar-refractivity contribution >= 4 is 0 Å². The molecule has 0 saturated heterocycles. The molecule has 2 aromatic rings. The molecule has 0 fully saturated rings. The SMILES string of the molecule is COc1cc2c(c(OC)c1)CC[C@@H](c1ccc(O)cc1)C2. The molecule has 1 N–H and O–H groups in total. The molecule has 0 amide bonds. The number of methoxy groups -OCH3 is 2. The second-order valence-electron chi connectivity index (χ2n) is 5.50. The zero-order valence-electron chi connectivity index (χ0n) is 12.4. The number of phenolic OH excluding ortho intramolecular Hbond substituents is 1. The Hall–Kier alpha value is -2.16. The lowest BCUT2D eigenvalue weighted by Crippen LogP contribution is -2.14. The molecule has 0 saturated carbocycles. The van der Waals surface area contributed by atoms with Gasteiger partial charge in [-0.3, -0.25) is 0 Å². The second kappa shape index (κ2) is 5.68. The predicted octanol–water partition coefficient (Wildman–Crippen LogP) is 3.68. The Balaban J connectivity index is 1.92. The smallest absolute Gasteiger partial charge is 0.126 e. The standard InChI is InChI=1S/C18H20O3/c1-20-16-10-14-9-13(12-3-6-15(19)7-4-12)5-8-17(14)18(11-16)21-2/h3-4,6-7,10-11,13,19H,5,8-9H2,1-2H3/t13-/m1/s1. The Bertz CT molecular complexity index is 632. The highest BCUT2D eigenvalue weighted by molar-refractivity contribution is 5.49. The summed E-state index contributed by atoms with van der Waals surface area (Å²) >= 11 is 0. The number of hydrogen-bond acceptors (Lipinski definition) is 3. The third-order valence-electron chi connectivity index (χ3n) is 4.30. The van der Waals surface area contributed by atoms with Crippen molar-refractivity contribution in [2.45, 2.75) is 25.2 Å². The predicted molar refractivity (Wildman–Crippen MR) is 82.4 cm³/mol. The summed E-state index contributed by atoms with van der Waals surface area (Å²) in [5, 5.41) is 9.42. The molecule has 0 aromatic heterocycles. The molecule has 0 heterocycles. The van der Waals surface area contributed by atoms with Gasteiger partial charge in [0.1, 0.15) is 17.2 Å². The number of benzene rings is 2. The lowest BCUT2D eigenvalue weighted by atomic mass is 9.80. The summed E-state index contributed by atoms with van der Waals surface area (Å²) in [5.41, 5.74) is 3.88. The van der Waals surface area contributed by atoms with Crippen molar-refractivity contribution in [1.82, 2.24) is 0 Å². The zero-order chi connectivity index (χ0) is 14.8. The van der Waals surface area contributed by atoms with Crippen LogP contribution >= 0.6 is 0 Å². The first-order chi connectivity index (χ1) is 10.2. The van der Waals surface area contributed by atoms with E-state index in [1.807, 2.05) is 18.2 Å². The van der Waals surface area contributed by atoms with Crippen LogP contribution in [-0.4, -0.2) is 19.3 Å². The molecule has 0 bridgehead atoms. The number of rotatable bonds is 3. The minimum atomic E-state index is 0.318. The molecule has 3 rings (SSSR count). The van der Waals surface area contributed by atoms with E-state index >= 15 is 0 Å². The van der Waals surface area contributed by atoms with Gasteiger partial charge in [-0.25, -0.2) is 0 Å². The summed E-state index contributed by atoms with van der Waals surface area (Å²) in [4.78, 5) is 0. The average molecular weight is 284 g/mol. The molecule has 3 nitrogen and oxygen atoms in total. The van der Waals surface area contributed by atoms with Crippen molar-refractivity contribution in [3.8, 4) is 17.2 Å². The van der Waals surface area contributed by atoms with Crippen LogP contribution < -0.4 is 9.47 Å². The largest absolute Gasteiger partial charge is 0.508 e. The fourth-order valence-electron chi connectivity index (χ4n) is 3.16. The highest BCUT2D eigenvalue weighted by atomic mass is 16.5. The molecule has 110 valence electrons. The number of fused-ring (bicyclic) bond motifs is 1. The Morgan fingerprint density at radius 3 is 2.48 bits per heavy atom. The van der Waals surface area contributed by atoms with Gasteiger partial charge in [-0.05, 0) is 60.1 Å². The van der Waals surface area contributed by atoms with Crippen molar-refractivity contribution < 1.29 is 14.6 Å². The molecule has 0 aliphatic heterocycles. The number of aromatic hydroxyl groups is 1. The molecule has 0 radical (unpaired) electrons. The van der Waals surface area contributed by atoms with Crippen molar-refractivity contribution in [1.29, 1.82) is 0 Å². The Morgan fingerprint density at radius 1 is 1.05 bits per heavy atom. The van der Waals surface area contributed by atoms with Crippen LogP contribution in [-0.2, 0) is 12.8 Å². The Labute approximate surface area is 125 Å². The van der Waals surface area contributed by atoms with Gasteiger partial charge in [0.25, 0.3) is 0 Å². The summed E-state index contributed by atoms with van der Waals surface area (Å²) < 4.78 is 10.9. The van der Waals surface area contributed by atoms with Crippen LogP contribution in [0.15, 0.2) is 36.4 Å². The summed E-state index contributed by atoms with van der Waals surface area (Å²) in [6.45, 7) is 0. The molecule has 2 aromatic carbocycles. The topological polar surface area (TPSA) is 38.7 Å². The van der Waals surface area contributed by atoms with Crippen LogP contribution in [0.2, 0.25) is 0 Å². The fourth-order valence-corrected chi connectivity index (χ4v) is 3.16. The van der Waals surface area contributed by atoms with E-state index in [0.717, 1.165) is 30.8 Å². The van der Waals surface area contributed by atoms with Crippen LogP contribution in [0.25, 0.3) is 0 Å². The zero-order valence-corrected chi connectivity index (χ0v) is 12.4. The van der Waals surface area contributed by atoms with Crippen LogP contribution in [0.4, 0.5) is 0 Å². The maximum Gasteiger partial charge on any atom is 0.126 e. The molecule has 0 unspecified atom stereocenters. The van der Waals surface area contributed by atoms with Gasteiger partial charge >= 0.3 is 0 Å². The van der Waals surface area contributed by atoms with Crippen LogP contribution in [0.1, 0.15) is 29.0 Å². The van der Waals surface area contributed by atoms with Gasteiger partial charge in [0.05, 0.1) is 14.2 Å². The van der Waals surface area contributed by atoms with E-state index in [1.165, 1.54) is 16.7 Å². The van der Waals surface area contributed by atoms with Gasteiger partial charge < -0.3 is 14.6 Å². The monoisotopic (exact) mass is 284 g/mol. The highest BCUT2D eigenvalue weighted by Crippen LogP contribution is 2.39. The first-order valence-corrected chi connectivity index (χ1v) is 7.24. The summed E-state index contributed by atoms with van der Waals surface area (Å²) in [6.07, 6.45) is 3.09. The minimum absolute atomic E-state index is 0.318. The van der Waals surface area contributed by atoms with Crippen molar-refractivity contribution in [3.63, 3.8) is 0 Å². The van der Waals surface area contributed by atoms with E-state index in [1.54, 1.807) is 26.4 Å². The third kappa shape index (κ3) is 2.68. The van der Waals surface area contributed by atoms with Crippen LogP contribution in [0.5, 0.6) is 17.2 Å². The summed E-state index contributed by atoms with van der Waals surface area (Å²) in [5.74, 6) is 2.57. The van der Waals surface area contributed by atoms with E-state index in [-0.39, 0.29) is 0 Å². The quantitative estimate of drug-likeness (QED) is 0.934. The van der Waals surface area contributed by atoms with Gasteiger partial charge in [-0.15, -0.1) is 0 Å². The normalized spacial score (nSPS) is 17.1. The molecule has 3 heteroatoms. The van der Waals surface area contributed by atoms with Crippen molar-refractivity contribution in [2.75, 3.05) is 14.2 Å². The summed E-state index contributed by atoms with van der Waals surface area (Å²) in [6, 6.07) is 11.6. The molecular formula is C18H20O3. The number of ether oxygens (including phenoxy) is 2. The van der Waals surface area contributed by atoms with E-state index in [2.05, 4.69) is 6.07 Å². The molecule has 1 aliphatic rings. The van der Waals surface area contributed by atoms with E-state index in [4.69, 9.17) is 9.47 Å². The van der Waals surface area contributed by atoms with Gasteiger partial charge in [-0.2, -0.15) is 0 Å². The lowest BCUT2D eigenvalue weighted by Gasteiger charge is -2.27. The molecular weight excluding hydrogens is 264 g/mol. The minimum Gasteiger partial charge on any atom is -0.508 e. The number of hydrogen-bond donors (Lipinski definition) is 1. The molecule has 1 atom stereocenters. The number of phenols is 1. The lowest BCUT2D eigenvalue weighted by molar-refractivity contribution is 0.386. The first-order valence-electron chi connectivity index (χ1n) is 7.24. The van der Waals surface area contributed by atoms with Gasteiger partial charge in [0, 0.05) is 6.07 Å². The second-order valence-corrected chi connectivity index (χ2v) is 5.50. The van der Waals surface area contributed by atoms with E-state index in [0.29, 0.717) is 11.7 Å². The maximum atomic E-state index is 9.42. The average Bonchev–Trinajstić information content (AvgIpc) is 2.53. The van der Waals surface area contributed by atoms with E-state index in [9.17, 15) is 5.11 Å². The maximum absolute atomic E-state index is 9.42. The molecule has 1 aliphatic carbocycles. The van der Waals surface area contributed by atoms with Crippen LogP contribution in [0.3, 0.4) is 0 Å². The Kier molecular flexibility index (Phi) is 3.74. The molecule has 21 heavy (non-hydrogen) atoms. The van der Waals surface area contributed by atoms with Crippen LogP contribution in [0, 0.1) is 0 Å². The summed E-state index contributed by atoms with van der Waals surface area (Å²) in [7, 11) is 3.39. The van der Waals surface area contributed by atoms with Crippen molar-refractivity contribution in [2.24, 2.45) is 0 Å². The fraction of sp³-hybridized carbons (Fsp3) is 0.333. The van der Waals surface area contributed by atoms with Gasteiger partial charge in [-0.1, -0.05) is 12.1 Å². The first kappa shape index (κ1) is 13.8. The van der Waals surface area contributed by atoms with Crippen molar-refractivity contribution in [3.05, 3.63) is 53.1 Å². The third-order valence-corrected chi connectivity index (χ3v) is 4.30. The van der Waals surface area contributed by atoms with Gasteiger partial charge in [0.2, 0.25) is 0 Å².